The number of fused-ring (bicyclic) bond motifs is 4. The van der Waals surface area contributed by atoms with Crippen LogP contribution in [0.4, 0.5) is 5.69 Å². The molecular formula is C36H42N2O7S. The lowest BCUT2D eigenvalue weighted by Crippen LogP contribution is -2.35. The minimum absolute atomic E-state index is 0. The minimum Gasteiger partial charge on any atom is -0.492 e. The number of anilines is 1. The summed E-state index contributed by atoms with van der Waals surface area (Å²) in [4.78, 5) is 12.1. The Morgan fingerprint density at radius 3 is 2.43 bits per heavy atom. The predicted octanol–water partition coefficient (Wildman–Crippen LogP) is 6.57. The standard InChI is InChI=1S/C35H38N2O7S.CH4/c1-5-42-35(39)27-11-9-26(10-12-27)33-22(2)17-29(18-23(33)3)43-16-15-36-24(4)34(38)31-14-13-28-20-32(31)37-45(40,41)30-8-6-7-25(19-30)21-44-28;/h6-14,17-20,24,34,36-38H,5,15-16,21H2,1-4H3;1H4/t24-,34-;/m0./s1. The van der Waals surface area contributed by atoms with Gasteiger partial charge in [0.1, 0.15) is 24.7 Å². The van der Waals surface area contributed by atoms with Gasteiger partial charge in [0.15, 0.2) is 0 Å². The van der Waals surface area contributed by atoms with E-state index in [-0.39, 0.29) is 30.6 Å². The van der Waals surface area contributed by atoms with Gasteiger partial charge in [-0.3, -0.25) is 4.72 Å². The third-order valence-corrected chi connectivity index (χ3v) is 9.07. The lowest BCUT2D eigenvalue weighted by molar-refractivity contribution is 0.0526. The highest BCUT2D eigenvalue weighted by Gasteiger charge is 2.24. The highest BCUT2D eigenvalue weighted by Crippen LogP contribution is 2.33. The van der Waals surface area contributed by atoms with Crippen molar-refractivity contribution in [1.29, 1.82) is 0 Å². The molecule has 0 radical (unpaired) electrons. The predicted molar refractivity (Wildman–Crippen MR) is 180 cm³/mol. The molecule has 0 spiro atoms. The first kappa shape index (κ1) is 34.5. The summed E-state index contributed by atoms with van der Waals surface area (Å²) in [7, 11) is -3.86. The van der Waals surface area contributed by atoms with Crippen molar-refractivity contribution in [3.05, 3.63) is 107 Å². The quantitative estimate of drug-likeness (QED) is 0.131. The number of aryl methyl sites for hydroxylation is 2. The van der Waals surface area contributed by atoms with Gasteiger partial charge in [0.2, 0.25) is 0 Å². The Morgan fingerprint density at radius 2 is 1.74 bits per heavy atom. The van der Waals surface area contributed by atoms with E-state index in [1.807, 2.05) is 51.1 Å². The van der Waals surface area contributed by atoms with E-state index in [9.17, 15) is 18.3 Å². The van der Waals surface area contributed by atoms with Gasteiger partial charge >= 0.3 is 5.97 Å². The summed E-state index contributed by atoms with van der Waals surface area (Å²) in [5.41, 5.74) is 6.11. The van der Waals surface area contributed by atoms with Crippen LogP contribution in [0.2, 0.25) is 0 Å². The summed E-state index contributed by atoms with van der Waals surface area (Å²) in [5.74, 6) is 0.885. The highest BCUT2D eigenvalue weighted by atomic mass is 32.2. The van der Waals surface area contributed by atoms with Crippen LogP contribution in [0.1, 0.15) is 60.0 Å². The zero-order valence-electron chi connectivity index (χ0n) is 25.8. The van der Waals surface area contributed by atoms with E-state index in [4.69, 9.17) is 14.2 Å². The summed E-state index contributed by atoms with van der Waals surface area (Å²) < 4.78 is 45.8. The molecule has 0 aromatic heterocycles. The largest absolute Gasteiger partial charge is 0.492 e. The molecule has 0 saturated carbocycles. The van der Waals surface area contributed by atoms with Crippen molar-refractivity contribution in [2.75, 3.05) is 24.5 Å². The van der Waals surface area contributed by atoms with E-state index in [1.165, 1.54) is 6.07 Å². The van der Waals surface area contributed by atoms with Crippen LogP contribution >= 0.6 is 0 Å². The molecule has 0 fully saturated rings. The number of carbonyl (C=O) groups is 1. The van der Waals surface area contributed by atoms with E-state index >= 15 is 0 Å². The number of hydrogen-bond acceptors (Lipinski definition) is 8. The maximum Gasteiger partial charge on any atom is 0.338 e. The average molecular weight is 647 g/mol. The van der Waals surface area contributed by atoms with E-state index in [0.717, 1.165) is 33.6 Å². The molecule has 1 heterocycles. The highest BCUT2D eigenvalue weighted by molar-refractivity contribution is 7.92. The number of carbonyl (C=O) groups excluding carboxylic acids is 1. The van der Waals surface area contributed by atoms with E-state index in [2.05, 4.69) is 10.0 Å². The maximum atomic E-state index is 13.1. The van der Waals surface area contributed by atoms with Crippen LogP contribution in [0.3, 0.4) is 0 Å². The number of rotatable bonds is 10. The van der Waals surface area contributed by atoms with Crippen molar-refractivity contribution >= 4 is 21.7 Å². The Hall–Kier alpha value is -4.38. The van der Waals surface area contributed by atoms with Crippen molar-refractivity contribution < 1.29 is 32.5 Å². The van der Waals surface area contributed by atoms with Crippen LogP contribution in [0.15, 0.2) is 83.8 Å². The molecule has 10 heteroatoms. The molecule has 46 heavy (non-hydrogen) atoms. The zero-order valence-corrected chi connectivity index (χ0v) is 26.6. The van der Waals surface area contributed by atoms with Crippen LogP contribution in [-0.4, -0.2) is 45.3 Å². The van der Waals surface area contributed by atoms with Gasteiger partial charge in [-0.1, -0.05) is 37.8 Å². The monoisotopic (exact) mass is 646 g/mol. The molecule has 1 aliphatic rings. The van der Waals surface area contributed by atoms with Gasteiger partial charge < -0.3 is 24.6 Å². The summed E-state index contributed by atoms with van der Waals surface area (Å²) in [5, 5.41) is 14.5. The van der Waals surface area contributed by atoms with E-state index in [0.29, 0.717) is 36.6 Å². The SMILES string of the molecule is C.CCOC(=O)c1ccc(-c2c(C)cc(OCCN[C@@H](C)[C@H](O)c3ccc4cc3NS(=O)(=O)c3cccc(c3)CO4)cc2C)cc1. The molecule has 4 aromatic rings. The molecule has 4 aromatic carbocycles. The van der Waals surface area contributed by atoms with E-state index < -0.39 is 22.2 Å². The molecule has 5 rings (SSSR count). The summed E-state index contributed by atoms with van der Waals surface area (Å²) in [6, 6.07) is 22.5. The van der Waals surface area contributed by atoms with Crippen LogP contribution in [0.25, 0.3) is 11.1 Å². The molecule has 0 amide bonds. The zero-order chi connectivity index (χ0) is 32.1. The second-order valence-electron chi connectivity index (χ2n) is 11.1. The molecule has 244 valence electrons. The first-order chi connectivity index (χ1) is 21.6. The fraction of sp³-hybridized carbons (Fsp3) is 0.306. The number of benzene rings is 4. The molecule has 0 aliphatic carbocycles. The van der Waals surface area contributed by atoms with Gasteiger partial charge in [-0.25, -0.2) is 13.2 Å². The second kappa shape index (κ2) is 14.8. The number of esters is 1. The molecule has 0 saturated heterocycles. The van der Waals surface area contributed by atoms with Gasteiger partial charge in [-0.2, -0.15) is 0 Å². The Balaban J connectivity index is 0.00000480. The number of hydrogen-bond donors (Lipinski definition) is 3. The topological polar surface area (TPSA) is 123 Å². The molecule has 3 N–H and O–H groups in total. The summed E-state index contributed by atoms with van der Waals surface area (Å²) >= 11 is 0. The second-order valence-corrected chi connectivity index (χ2v) is 12.7. The smallest absolute Gasteiger partial charge is 0.338 e. The van der Waals surface area contributed by atoms with Crippen molar-refractivity contribution in [2.24, 2.45) is 0 Å². The molecule has 2 atom stereocenters. The fourth-order valence-electron chi connectivity index (χ4n) is 5.43. The van der Waals surface area contributed by atoms with Gasteiger partial charge in [0.25, 0.3) is 10.0 Å². The van der Waals surface area contributed by atoms with Crippen LogP contribution < -0.4 is 19.5 Å². The molecule has 0 unspecified atom stereocenters. The Bertz CT molecular complexity index is 1770. The van der Waals surface area contributed by atoms with Crippen molar-refractivity contribution in [3.8, 4) is 22.6 Å². The van der Waals surface area contributed by atoms with Gasteiger partial charge in [-0.15, -0.1) is 0 Å². The Morgan fingerprint density at radius 1 is 1.02 bits per heavy atom. The fourth-order valence-corrected chi connectivity index (χ4v) is 6.58. The third kappa shape index (κ3) is 7.88. The number of ether oxygens (including phenoxy) is 3. The maximum absolute atomic E-state index is 13.1. The lowest BCUT2D eigenvalue weighted by atomic mass is 9.95. The van der Waals surface area contributed by atoms with Gasteiger partial charge in [0, 0.05) is 24.2 Å². The summed E-state index contributed by atoms with van der Waals surface area (Å²) in [6.45, 7) is 9.02. The summed E-state index contributed by atoms with van der Waals surface area (Å²) in [6.07, 6.45) is -1.01. The number of sulfonamides is 1. The molecule has 4 bridgehead atoms. The van der Waals surface area contributed by atoms with E-state index in [1.54, 1.807) is 49.4 Å². The minimum atomic E-state index is -3.86. The van der Waals surface area contributed by atoms with Crippen LogP contribution in [0, 0.1) is 13.8 Å². The Labute approximate surface area is 271 Å². The first-order valence-electron chi connectivity index (χ1n) is 14.9. The van der Waals surface area contributed by atoms with Crippen molar-refractivity contribution in [3.63, 3.8) is 0 Å². The number of aliphatic hydroxyl groups is 1. The van der Waals surface area contributed by atoms with Gasteiger partial charge in [-0.05, 0) is 98.0 Å². The normalized spacial score (nSPS) is 14.5. The van der Waals surface area contributed by atoms with Crippen LogP contribution in [-0.2, 0) is 21.4 Å². The lowest BCUT2D eigenvalue weighted by Gasteiger charge is -2.24. The van der Waals surface area contributed by atoms with Gasteiger partial charge in [0.05, 0.1) is 28.9 Å². The average Bonchev–Trinajstić information content (AvgIpc) is 3.01. The molecular weight excluding hydrogens is 604 g/mol. The first-order valence-corrected chi connectivity index (χ1v) is 16.4. The number of nitrogens with one attached hydrogen (secondary N) is 2. The van der Waals surface area contributed by atoms with Crippen LogP contribution in [0.5, 0.6) is 11.5 Å². The molecule has 9 nitrogen and oxygen atoms in total. The third-order valence-electron chi connectivity index (χ3n) is 7.70. The molecule has 1 aliphatic heterocycles. The number of aliphatic hydroxyl groups excluding tert-OH is 1. The van der Waals surface area contributed by atoms with Crippen molar-refractivity contribution in [2.45, 2.75) is 58.8 Å². The van der Waals surface area contributed by atoms with Crippen molar-refractivity contribution in [1.82, 2.24) is 5.32 Å². The Kier molecular flexibility index (Phi) is 11.1.